The molecule has 4 rings (SSSR count). The maximum absolute atomic E-state index is 6.18. The van der Waals surface area contributed by atoms with Gasteiger partial charge in [0.25, 0.3) is 0 Å². The molecular formula is C25H36N6O2. The van der Waals surface area contributed by atoms with Crippen molar-refractivity contribution in [3.8, 4) is 11.8 Å². The van der Waals surface area contributed by atoms with E-state index in [1.165, 1.54) is 0 Å². The monoisotopic (exact) mass is 452 g/mol. The number of benzene rings is 1. The summed E-state index contributed by atoms with van der Waals surface area (Å²) in [5, 5.41) is 11.5. The number of fused-ring (bicyclic) bond motifs is 1. The van der Waals surface area contributed by atoms with E-state index < -0.39 is 0 Å². The van der Waals surface area contributed by atoms with Gasteiger partial charge in [0.15, 0.2) is 5.65 Å². The Balaban J connectivity index is 1.61. The summed E-state index contributed by atoms with van der Waals surface area (Å²) in [7, 11) is 0. The summed E-state index contributed by atoms with van der Waals surface area (Å²) >= 11 is 0. The van der Waals surface area contributed by atoms with E-state index >= 15 is 0 Å². The highest BCUT2D eigenvalue weighted by molar-refractivity contribution is 5.53. The molecule has 178 valence electrons. The second-order valence-corrected chi connectivity index (χ2v) is 9.55. The topological polar surface area (TPSA) is 85.6 Å². The van der Waals surface area contributed by atoms with Gasteiger partial charge in [0.2, 0.25) is 5.95 Å². The summed E-state index contributed by atoms with van der Waals surface area (Å²) in [6.07, 6.45) is 4.04. The Morgan fingerprint density at radius 2 is 2.03 bits per heavy atom. The lowest BCUT2D eigenvalue weighted by atomic mass is 10.1. The number of hydrogen-bond donors (Lipinski definition) is 2. The zero-order valence-electron chi connectivity index (χ0n) is 20.3. The van der Waals surface area contributed by atoms with Crippen molar-refractivity contribution < 1.29 is 9.47 Å². The van der Waals surface area contributed by atoms with Crippen LogP contribution in [0.3, 0.4) is 0 Å². The van der Waals surface area contributed by atoms with Crippen LogP contribution in [0, 0.1) is 5.92 Å². The summed E-state index contributed by atoms with van der Waals surface area (Å²) in [6, 6.07) is 8.56. The van der Waals surface area contributed by atoms with Gasteiger partial charge in [-0.05, 0) is 55.8 Å². The first-order valence-corrected chi connectivity index (χ1v) is 12.0. The SMILES string of the molecule is CC(C)COc1cccc(C(C)Nc2nc(OC3CCCNC3)nc3c(C(C)C)cnn23)c1. The van der Waals surface area contributed by atoms with Gasteiger partial charge in [0.05, 0.1) is 18.8 Å². The Kier molecular flexibility index (Phi) is 7.33. The van der Waals surface area contributed by atoms with Gasteiger partial charge in [-0.1, -0.05) is 39.8 Å². The molecule has 2 N–H and O–H groups in total. The van der Waals surface area contributed by atoms with E-state index in [0.717, 1.165) is 48.5 Å². The quantitative estimate of drug-likeness (QED) is 0.491. The molecule has 8 heteroatoms. The maximum atomic E-state index is 6.18. The van der Waals surface area contributed by atoms with E-state index in [9.17, 15) is 0 Å². The molecule has 2 unspecified atom stereocenters. The second-order valence-electron chi connectivity index (χ2n) is 9.55. The molecule has 3 aromatic rings. The van der Waals surface area contributed by atoms with Crippen LogP contribution in [0.25, 0.3) is 5.65 Å². The summed E-state index contributed by atoms with van der Waals surface area (Å²) in [6.45, 7) is 13.2. The highest BCUT2D eigenvalue weighted by Gasteiger charge is 2.21. The van der Waals surface area contributed by atoms with Gasteiger partial charge in [-0.15, -0.1) is 0 Å². The van der Waals surface area contributed by atoms with Crippen molar-refractivity contribution >= 4 is 11.6 Å². The highest BCUT2D eigenvalue weighted by Crippen LogP contribution is 2.27. The van der Waals surface area contributed by atoms with Crippen molar-refractivity contribution in [1.29, 1.82) is 0 Å². The molecule has 1 saturated heterocycles. The van der Waals surface area contributed by atoms with Gasteiger partial charge < -0.3 is 20.1 Å². The third-order valence-electron chi connectivity index (χ3n) is 5.81. The molecule has 2 atom stereocenters. The number of rotatable bonds is 9. The zero-order chi connectivity index (χ0) is 23.4. The summed E-state index contributed by atoms with van der Waals surface area (Å²) in [5.41, 5.74) is 2.96. The highest BCUT2D eigenvalue weighted by atomic mass is 16.5. The summed E-state index contributed by atoms with van der Waals surface area (Å²) < 4.78 is 13.9. The Hall–Kier alpha value is -2.87. The molecule has 33 heavy (non-hydrogen) atoms. The fraction of sp³-hybridized carbons (Fsp3) is 0.560. The molecule has 0 amide bonds. The number of hydrogen-bond acceptors (Lipinski definition) is 7. The summed E-state index contributed by atoms with van der Waals surface area (Å²) in [5.74, 6) is 2.26. The molecule has 3 heterocycles. The van der Waals surface area contributed by atoms with E-state index in [-0.39, 0.29) is 12.1 Å². The molecule has 1 aliphatic heterocycles. The van der Waals surface area contributed by atoms with Crippen molar-refractivity contribution in [2.75, 3.05) is 25.0 Å². The van der Waals surface area contributed by atoms with Crippen molar-refractivity contribution in [3.05, 3.63) is 41.6 Å². The normalized spacial score (nSPS) is 17.5. The van der Waals surface area contributed by atoms with E-state index in [1.54, 1.807) is 4.52 Å². The lowest BCUT2D eigenvalue weighted by Gasteiger charge is -2.23. The fourth-order valence-corrected chi connectivity index (χ4v) is 3.91. The van der Waals surface area contributed by atoms with E-state index in [2.05, 4.69) is 62.5 Å². The van der Waals surface area contributed by atoms with Crippen LogP contribution in [-0.2, 0) is 0 Å². The molecule has 8 nitrogen and oxygen atoms in total. The molecule has 0 aliphatic carbocycles. The van der Waals surface area contributed by atoms with Crippen LogP contribution >= 0.6 is 0 Å². The van der Waals surface area contributed by atoms with Crippen LogP contribution in [0.5, 0.6) is 11.8 Å². The predicted molar refractivity (Wildman–Crippen MR) is 130 cm³/mol. The number of anilines is 1. The minimum absolute atomic E-state index is 0.0124. The van der Waals surface area contributed by atoms with E-state index in [0.29, 0.717) is 30.4 Å². The molecule has 0 saturated carbocycles. The smallest absolute Gasteiger partial charge is 0.322 e. The van der Waals surface area contributed by atoms with Crippen molar-refractivity contribution in [1.82, 2.24) is 24.9 Å². The molecule has 0 spiro atoms. The van der Waals surface area contributed by atoms with Gasteiger partial charge in [0, 0.05) is 12.1 Å². The fourth-order valence-electron chi connectivity index (χ4n) is 3.91. The number of piperidine rings is 1. The van der Waals surface area contributed by atoms with Gasteiger partial charge in [-0.2, -0.15) is 19.6 Å². The van der Waals surface area contributed by atoms with Crippen LogP contribution in [-0.4, -0.2) is 45.4 Å². The maximum Gasteiger partial charge on any atom is 0.322 e. The molecular weight excluding hydrogens is 416 g/mol. The molecule has 0 radical (unpaired) electrons. The van der Waals surface area contributed by atoms with Crippen molar-refractivity contribution in [3.63, 3.8) is 0 Å². The Morgan fingerprint density at radius 1 is 1.18 bits per heavy atom. The number of nitrogens with one attached hydrogen (secondary N) is 2. The standard InChI is InChI=1S/C25H36N6O2/c1-16(2)15-32-20-9-6-8-19(12-20)18(5)28-24-30-25(33-21-10-7-11-26-13-21)29-23-22(17(3)4)14-27-31(23)24/h6,8-9,12,14,16-18,21,26H,7,10-11,13,15H2,1-5H3,(H,28,29,30). The average molecular weight is 453 g/mol. The summed E-state index contributed by atoms with van der Waals surface area (Å²) in [4.78, 5) is 9.44. The first-order chi connectivity index (χ1) is 15.9. The molecule has 2 aromatic heterocycles. The number of nitrogens with zero attached hydrogens (tertiary/aromatic N) is 4. The third-order valence-corrected chi connectivity index (χ3v) is 5.81. The van der Waals surface area contributed by atoms with E-state index in [1.807, 2.05) is 18.3 Å². The Morgan fingerprint density at radius 3 is 2.76 bits per heavy atom. The van der Waals surface area contributed by atoms with Gasteiger partial charge in [0.1, 0.15) is 11.9 Å². The Bertz CT molecular complexity index is 1060. The van der Waals surface area contributed by atoms with Crippen LogP contribution in [0.15, 0.2) is 30.5 Å². The number of ether oxygens (including phenoxy) is 2. The van der Waals surface area contributed by atoms with Crippen LogP contribution in [0.2, 0.25) is 0 Å². The molecule has 1 fully saturated rings. The van der Waals surface area contributed by atoms with E-state index in [4.69, 9.17) is 19.4 Å². The average Bonchev–Trinajstić information content (AvgIpc) is 3.23. The number of aromatic nitrogens is 4. The van der Waals surface area contributed by atoms with Crippen molar-refractivity contribution in [2.45, 2.75) is 65.5 Å². The minimum atomic E-state index is -0.0124. The minimum Gasteiger partial charge on any atom is -0.493 e. The Labute approximate surface area is 196 Å². The van der Waals surface area contributed by atoms with Gasteiger partial charge in [-0.3, -0.25) is 0 Å². The van der Waals surface area contributed by atoms with Gasteiger partial charge in [-0.25, -0.2) is 0 Å². The largest absolute Gasteiger partial charge is 0.493 e. The third kappa shape index (κ3) is 5.74. The molecule has 1 aromatic carbocycles. The predicted octanol–water partition coefficient (Wildman–Crippen LogP) is 4.59. The van der Waals surface area contributed by atoms with Crippen molar-refractivity contribution in [2.24, 2.45) is 5.92 Å². The first-order valence-electron chi connectivity index (χ1n) is 12.0. The first kappa shape index (κ1) is 23.3. The lowest BCUT2D eigenvalue weighted by molar-refractivity contribution is 0.153. The molecule has 0 bridgehead atoms. The molecule has 1 aliphatic rings. The van der Waals surface area contributed by atoms with Gasteiger partial charge >= 0.3 is 6.01 Å². The van der Waals surface area contributed by atoms with Crippen LogP contribution < -0.4 is 20.1 Å². The second kappa shape index (κ2) is 10.4. The zero-order valence-corrected chi connectivity index (χ0v) is 20.3. The van der Waals surface area contributed by atoms with Crippen LogP contribution in [0.4, 0.5) is 5.95 Å². The lowest BCUT2D eigenvalue weighted by Crippen LogP contribution is -2.37. The van der Waals surface area contributed by atoms with Crippen LogP contribution in [0.1, 0.15) is 70.5 Å².